The second kappa shape index (κ2) is 7.39. The highest BCUT2D eigenvalue weighted by molar-refractivity contribution is 5.94. The maximum absolute atomic E-state index is 5.81. The van der Waals surface area contributed by atoms with Crippen LogP contribution >= 0.6 is 0 Å². The third-order valence-corrected chi connectivity index (χ3v) is 5.84. The van der Waals surface area contributed by atoms with E-state index in [9.17, 15) is 0 Å². The number of hydrogen-bond donors (Lipinski definition) is 2. The number of fused-ring (bicyclic) bond motifs is 2. The first-order chi connectivity index (χ1) is 14.3. The lowest BCUT2D eigenvalue weighted by atomic mass is 9.89. The van der Waals surface area contributed by atoms with E-state index in [1.165, 1.54) is 32.1 Å². The average Bonchev–Trinajstić information content (AvgIpc) is 3.37. The number of aromatic nitrogens is 5. The molecule has 3 aromatic heterocycles. The summed E-state index contributed by atoms with van der Waals surface area (Å²) in [6.45, 7) is 2.63. The zero-order valence-corrected chi connectivity index (χ0v) is 16.9. The summed E-state index contributed by atoms with van der Waals surface area (Å²) in [6, 6.07) is 8.24. The van der Waals surface area contributed by atoms with E-state index in [1.807, 2.05) is 30.6 Å². The number of ether oxygens (including phenoxy) is 1. The number of aromatic amines is 1. The van der Waals surface area contributed by atoms with Crippen LogP contribution in [0.5, 0.6) is 5.75 Å². The van der Waals surface area contributed by atoms with E-state index in [1.54, 1.807) is 6.33 Å². The largest absolute Gasteiger partial charge is 0.492 e. The molecule has 7 nitrogen and oxygen atoms in total. The topological polar surface area (TPSA) is 80.1 Å². The summed E-state index contributed by atoms with van der Waals surface area (Å²) in [4.78, 5) is 13.1. The molecule has 0 unspecified atom stereocenters. The molecular weight excluding hydrogens is 364 g/mol. The summed E-state index contributed by atoms with van der Waals surface area (Å²) in [5.74, 6) is 3.12. The van der Waals surface area contributed by atoms with Crippen LogP contribution in [0, 0.1) is 0 Å². The summed E-state index contributed by atoms with van der Waals surface area (Å²) < 4.78 is 7.79. The molecule has 0 amide bonds. The fourth-order valence-electron chi connectivity index (χ4n) is 4.48. The van der Waals surface area contributed by atoms with E-state index in [0.29, 0.717) is 12.5 Å². The van der Waals surface area contributed by atoms with E-state index >= 15 is 0 Å². The van der Waals surface area contributed by atoms with Gasteiger partial charge in [-0.15, -0.1) is 0 Å². The van der Waals surface area contributed by atoms with Gasteiger partial charge in [-0.2, -0.15) is 5.10 Å². The Morgan fingerprint density at radius 1 is 1.24 bits per heavy atom. The predicted molar refractivity (Wildman–Crippen MR) is 115 cm³/mol. The van der Waals surface area contributed by atoms with Crippen molar-refractivity contribution in [2.24, 2.45) is 0 Å². The summed E-state index contributed by atoms with van der Waals surface area (Å²) in [6.07, 6.45) is 7.75. The molecule has 0 atom stereocenters. The van der Waals surface area contributed by atoms with Gasteiger partial charge in [0.2, 0.25) is 0 Å². The fraction of sp³-hybridized carbons (Fsp3) is 0.409. The third-order valence-electron chi connectivity index (χ3n) is 5.84. The fourth-order valence-corrected chi connectivity index (χ4v) is 4.48. The van der Waals surface area contributed by atoms with Crippen LogP contribution in [0.3, 0.4) is 0 Å². The first-order valence-corrected chi connectivity index (χ1v) is 10.5. The first kappa shape index (κ1) is 18.0. The Morgan fingerprint density at radius 3 is 2.90 bits per heavy atom. The molecule has 5 rings (SSSR count). The smallest absolute Gasteiger partial charge is 0.156 e. The molecule has 29 heavy (non-hydrogen) atoms. The number of H-pyrrole nitrogens is 1. The van der Waals surface area contributed by atoms with Crippen LogP contribution in [-0.2, 0) is 0 Å². The van der Waals surface area contributed by atoms with Crippen LogP contribution in [0.1, 0.15) is 50.8 Å². The van der Waals surface area contributed by atoms with Gasteiger partial charge < -0.3 is 15.0 Å². The van der Waals surface area contributed by atoms with Crippen molar-refractivity contribution < 1.29 is 4.74 Å². The Bertz CT molecular complexity index is 1150. The van der Waals surface area contributed by atoms with Crippen LogP contribution in [0.15, 0.2) is 30.6 Å². The van der Waals surface area contributed by atoms with E-state index in [0.717, 1.165) is 45.2 Å². The highest BCUT2D eigenvalue weighted by atomic mass is 16.5. The zero-order chi connectivity index (χ0) is 19.8. The van der Waals surface area contributed by atoms with E-state index in [-0.39, 0.29) is 0 Å². The molecule has 0 radical (unpaired) electrons. The minimum absolute atomic E-state index is 0.438. The summed E-state index contributed by atoms with van der Waals surface area (Å²) in [5.41, 5.74) is 3.75. The van der Waals surface area contributed by atoms with Crippen LogP contribution in [-0.4, -0.2) is 38.2 Å². The highest BCUT2D eigenvalue weighted by Gasteiger charge is 2.26. The van der Waals surface area contributed by atoms with Crippen molar-refractivity contribution in [1.29, 1.82) is 0 Å². The molecule has 0 spiro atoms. The standard InChI is InChI=1S/C22H26N6O/c1-3-29-17-11-7-10-15-12-16(26-18(15)17)19-20-21(23-2)24-13-25-28(20)22(27-19)14-8-5-4-6-9-14/h7,10-14,26H,3-6,8-9H2,1-2H3,(H,23,24,25). The molecule has 150 valence electrons. The number of imidazole rings is 1. The van der Waals surface area contributed by atoms with Gasteiger partial charge in [-0.3, -0.25) is 0 Å². The molecule has 1 saturated carbocycles. The normalized spacial score (nSPS) is 15.2. The molecule has 1 fully saturated rings. The zero-order valence-electron chi connectivity index (χ0n) is 16.9. The Morgan fingerprint density at radius 2 is 2.10 bits per heavy atom. The lowest BCUT2D eigenvalue weighted by molar-refractivity contribution is 0.344. The molecule has 1 aliphatic carbocycles. The summed E-state index contributed by atoms with van der Waals surface area (Å²) in [5, 5.41) is 8.89. The van der Waals surface area contributed by atoms with E-state index in [2.05, 4.69) is 32.5 Å². The quantitative estimate of drug-likeness (QED) is 0.513. The van der Waals surface area contributed by atoms with Gasteiger partial charge >= 0.3 is 0 Å². The van der Waals surface area contributed by atoms with Crippen molar-refractivity contribution in [1.82, 2.24) is 24.6 Å². The SMILES string of the molecule is CCOc1cccc2cc(-c3nc(C4CCCCC4)n4ncnc(NC)c34)[nH]c12. The van der Waals surface area contributed by atoms with Gasteiger partial charge in [0.1, 0.15) is 29.1 Å². The monoisotopic (exact) mass is 390 g/mol. The number of anilines is 1. The van der Waals surface area contributed by atoms with Gasteiger partial charge in [0.25, 0.3) is 0 Å². The van der Waals surface area contributed by atoms with Gasteiger partial charge in [0.05, 0.1) is 17.8 Å². The minimum Gasteiger partial charge on any atom is -0.492 e. The van der Waals surface area contributed by atoms with Crippen LogP contribution in [0.25, 0.3) is 27.8 Å². The molecule has 2 N–H and O–H groups in total. The van der Waals surface area contributed by atoms with Gasteiger partial charge in [-0.25, -0.2) is 14.5 Å². The molecule has 7 heteroatoms. The summed E-state index contributed by atoms with van der Waals surface area (Å²) >= 11 is 0. The van der Waals surface area contributed by atoms with Crippen molar-refractivity contribution in [3.05, 3.63) is 36.4 Å². The molecule has 0 saturated heterocycles. The van der Waals surface area contributed by atoms with Crippen molar-refractivity contribution >= 4 is 22.2 Å². The molecule has 1 aromatic carbocycles. The molecule has 3 heterocycles. The molecular formula is C22H26N6O. The second-order valence-corrected chi connectivity index (χ2v) is 7.61. The van der Waals surface area contributed by atoms with E-state index < -0.39 is 0 Å². The van der Waals surface area contributed by atoms with Crippen molar-refractivity contribution in [2.75, 3.05) is 19.0 Å². The Labute approximate surface area is 169 Å². The molecule has 0 bridgehead atoms. The summed E-state index contributed by atoms with van der Waals surface area (Å²) in [7, 11) is 1.89. The predicted octanol–water partition coefficient (Wildman–Crippen LogP) is 4.76. The van der Waals surface area contributed by atoms with Crippen LogP contribution in [0.4, 0.5) is 5.82 Å². The number of nitrogens with zero attached hydrogens (tertiary/aromatic N) is 4. The van der Waals surface area contributed by atoms with Crippen molar-refractivity contribution in [3.63, 3.8) is 0 Å². The van der Waals surface area contributed by atoms with Gasteiger partial charge in [0, 0.05) is 18.4 Å². The highest BCUT2D eigenvalue weighted by Crippen LogP contribution is 2.38. The Hall–Kier alpha value is -3.09. The lowest BCUT2D eigenvalue weighted by Gasteiger charge is -2.19. The van der Waals surface area contributed by atoms with Crippen LogP contribution in [0.2, 0.25) is 0 Å². The molecule has 4 aromatic rings. The van der Waals surface area contributed by atoms with Gasteiger partial charge in [-0.1, -0.05) is 31.4 Å². The number of benzene rings is 1. The third kappa shape index (κ3) is 3.01. The Kier molecular flexibility index (Phi) is 4.58. The maximum Gasteiger partial charge on any atom is 0.156 e. The number of para-hydroxylation sites is 1. The molecule has 1 aliphatic rings. The second-order valence-electron chi connectivity index (χ2n) is 7.61. The van der Waals surface area contributed by atoms with Gasteiger partial charge in [0.15, 0.2) is 5.82 Å². The van der Waals surface area contributed by atoms with E-state index in [4.69, 9.17) is 9.72 Å². The first-order valence-electron chi connectivity index (χ1n) is 10.5. The lowest BCUT2D eigenvalue weighted by Crippen LogP contribution is -2.10. The Balaban J connectivity index is 1.72. The average molecular weight is 390 g/mol. The minimum atomic E-state index is 0.438. The number of rotatable bonds is 5. The number of hydrogen-bond acceptors (Lipinski definition) is 5. The molecule has 0 aliphatic heterocycles. The van der Waals surface area contributed by atoms with Crippen molar-refractivity contribution in [2.45, 2.75) is 44.9 Å². The van der Waals surface area contributed by atoms with Gasteiger partial charge in [-0.05, 0) is 31.9 Å². The number of nitrogens with one attached hydrogen (secondary N) is 2. The van der Waals surface area contributed by atoms with Crippen molar-refractivity contribution in [3.8, 4) is 17.1 Å². The maximum atomic E-state index is 5.81. The van der Waals surface area contributed by atoms with Crippen LogP contribution < -0.4 is 10.1 Å².